The summed E-state index contributed by atoms with van der Waals surface area (Å²) in [7, 11) is 0.484. The molecule has 0 heterocycles. The maximum absolute atomic E-state index is 5.75. The highest BCUT2D eigenvalue weighted by atomic mass is 35.5. The number of hydrogen-bond donors (Lipinski definition) is 0. The van der Waals surface area contributed by atoms with Crippen LogP contribution >= 0.6 is 11.6 Å². The van der Waals surface area contributed by atoms with Crippen molar-refractivity contribution in [2.24, 2.45) is 0 Å². The molecule has 31 heavy (non-hydrogen) atoms. The molecule has 4 rings (SSSR count). The maximum atomic E-state index is 5.75. The normalized spacial score (nSPS) is 11.0. The van der Waals surface area contributed by atoms with Crippen LogP contribution in [0.2, 0.25) is 11.8 Å². The third-order valence-electron chi connectivity index (χ3n) is 5.77. The van der Waals surface area contributed by atoms with Crippen LogP contribution in [0.3, 0.4) is 0 Å². The first-order valence-corrected chi connectivity index (χ1v) is 13.2. The van der Waals surface area contributed by atoms with Crippen molar-refractivity contribution in [2.75, 3.05) is 12.5 Å². The predicted molar refractivity (Wildman–Crippen MR) is 144 cm³/mol. The molecule has 0 fully saturated rings. The molecule has 0 aliphatic carbocycles. The third kappa shape index (κ3) is 6.29. The zero-order valence-corrected chi connectivity index (χ0v) is 20.1. The van der Waals surface area contributed by atoms with Crippen LogP contribution in [-0.4, -0.2) is 18.7 Å². The van der Waals surface area contributed by atoms with Gasteiger partial charge in [-0.1, -0.05) is 115 Å². The van der Waals surface area contributed by atoms with E-state index in [-0.39, 0.29) is 0 Å². The second-order valence-electron chi connectivity index (χ2n) is 8.29. The highest BCUT2D eigenvalue weighted by molar-refractivity contribution is 7.94. The molecular weight excluding hydrogens is 415 g/mol. The van der Waals surface area contributed by atoms with E-state index in [1.807, 2.05) is 12.1 Å². The molecule has 0 saturated carbocycles. The minimum absolute atomic E-state index is 0.484. The summed E-state index contributed by atoms with van der Waals surface area (Å²) in [5, 5.41) is 0.820. The van der Waals surface area contributed by atoms with Gasteiger partial charge in [0.25, 0.3) is 0 Å². The quantitative estimate of drug-likeness (QED) is 0.281. The van der Waals surface area contributed by atoms with Crippen LogP contribution in [0.4, 0.5) is 0 Å². The van der Waals surface area contributed by atoms with E-state index < -0.39 is 6.15 Å². The summed E-state index contributed by atoms with van der Waals surface area (Å²) in [6.07, 6.45) is 3.58. The Balaban J connectivity index is 0.000000210. The molecule has 0 nitrogen and oxygen atoms in total. The molecule has 0 radical (unpaired) electrons. The summed E-state index contributed by atoms with van der Waals surface area (Å²) in [5.41, 5.74) is 5.52. The van der Waals surface area contributed by atoms with Gasteiger partial charge in [-0.2, -0.15) is 6.82 Å². The Morgan fingerprint density at radius 3 is 1.26 bits per heavy atom. The second kappa shape index (κ2) is 11.3. The molecule has 3 heteroatoms. The molecule has 0 aliphatic rings. The van der Waals surface area contributed by atoms with Crippen molar-refractivity contribution in [1.82, 2.24) is 0 Å². The Labute approximate surface area is 195 Å². The van der Waals surface area contributed by atoms with Crippen molar-refractivity contribution in [3.05, 3.63) is 126 Å². The van der Waals surface area contributed by atoms with Crippen molar-refractivity contribution >= 4 is 45.0 Å². The van der Waals surface area contributed by atoms with Gasteiger partial charge in [-0.25, -0.2) is 16.4 Å². The molecule has 0 bridgehead atoms. The smallest absolute Gasteiger partial charge is 0.132 e. The summed E-state index contributed by atoms with van der Waals surface area (Å²) >= 11 is 5.75. The fourth-order valence-electron chi connectivity index (χ4n) is 4.01. The van der Waals surface area contributed by atoms with Crippen LogP contribution in [0, 0.1) is 0 Å². The van der Waals surface area contributed by atoms with Crippen LogP contribution < -0.4 is 16.4 Å². The van der Waals surface area contributed by atoms with Crippen molar-refractivity contribution < 1.29 is 0 Å². The number of hydrogen-bond acceptors (Lipinski definition) is 0. The number of benzene rings is 4. The van der Waals surface area contributed by atoms with Gasteiger partial charge >= 0.3 is 0 Å². The van der Waals surface area contributed by atoms with E-state index in [0.29, 0.717) is 10.9 Å². The zero-order valence-electron chi connectivity index (χ0n) is 18.5. The van der Waals surface area contributed by atoms with E-state index in [9.17, 15) is 0 Å². The fourth-order valence-corrected chi connectivity index (χ4v) is 4.99. The molecule has 0 aliphatic heterocycles. The van der Waals surface area contributed by atoms with E-state index in [1.54, 1.807) is 0 Å². The van der Waals surface area contributed by atoms with Gasteiger partial charge in [-0.05, 0) is 23.0 Å². The largest absolute Gasteiger partial charge is 0.200 e. The minimum Gasteiger partial charge on any atom is -0.200 e. The number of halogens is 1. The third-order valence-corrected chi connectivity index (χ3v) is 6.93. The van der Waals surface area contributed by atoms with Crippen LogP contribution in [0.1, 0.15) is 5.56 Å². The Morgan fingerprint density at radius 1 is 0.581 bits per heavy atom. The molecule has 0 unspecified atom stereocenters. The van der Waals surface area contributed by atoms with E-state index in [2.05, 4.69) is 122 Å². The molecule has 0 aromatic heterocycles. The lowest BCUT2D eigenvalue weighted by Crippen LogP contribution is -2.64. The minimum atomic E-state index is -0.912. The van der Waals surface area contributed by atoms with Crippen molar-refractivity contribution in [1.29, 1.82) is 0 Å². The molecule has 0 amide bonds. The maximum Gasteiger partial charge on any atom is 0.132 e. The Morgan fingerprint density at radius 2 is 0.935 bits per heavy atom. The first-order chi connectivity index (χ1) is 15.0. The lowest BCUT2D eigenvalue weighted by atomic mass is 9.17. The SMILES string of the molecule is C[B-](c1ccccc1)(c1ccccc1)c1ccccc1.C[S+](C)Cc1ccc(Cl)cc1. The molecule has 4 aromatic carbocycles. The van der Waals surface area contributed by atoms with E-state index in [4.69, 9.17) is 11.6 Å². The van der Waals surface area contributed by atoms with Gasteiger partial charge in [0.1, 0.15) is 5.75 Å². The standard InChI is InChI=1S/C19H18B.C9H12ClS/c1-20(17-11-5-2-6-12-17,18-13-7-3-8-14-18)19-15-9-4-10-16-19;1-11(2)7-8-3-5-9(10)6-4-8/h2-16H,1H3;3-6H,7H2,1-2H3/q-1;+1. The van der Waals surface area contributed by atoms with Gasteiger partial charge in [0.2, 0.25) is 0 Å². The molecular formula is C28H30BClS. The zero-order chi connectivity index (χ0) is 22.1. The van der Waals surface area contributed by atoms with E-state index in [0.717, 1.165) is 10.8 Å². The van der Waals surface area contributed by atoms with Crippen LogP contribution in [0.5, 0.6) is 0 Å². The summed E-state index contributed by atoms with van der Waals surface area (Å²) in [4.78, 5) is 0. The summed E-state index contributed by atoms with van der Waals surface area (Å²) in [6, 6.07) is 40.5. The van der Waals surface area contributed by atoms with Crippen molar-refractivity contribution in [3.8, 4) is 0 Å². The molecule has 158 valence electrons. The average molecular weight is 445 g/mol. The van der Waals surface area contributed by atoms with Crippen molar-refractivity contribution in [2.45, 2.75) is 12.6 Å². The highest BCUT2D eigenvalue weighted by Crippen LogP contribution is 2.11. The van der Waals surface area contributed by atoms with Crippen LogP contribution in [0.15, 0.2) is 115 Å². The molecule has 0 N–H and O–H groups in total. The van der Waals surface area contributed by atoms with Gasteiger partial charge in [-0.3, -0.25) is 0 Å². The first kappa shape index (κ1) is 23.3. The Bertz CT molecular complexity index is 936. The molecule has 4 aromatic rings. The fraction of sp³-hybridized carbons (Fsp3) is 0.143. The molecule has 0 spiro atoms. The van der Waals surface area contributed by atoms with Crippen molar-refractivity contribution in [3.63, 3.8) is 0 Å². The monoisotopic (exact) mass is 444 g/mol. The highest BCUT2D eigenvalue weighted by Gasteiger charge is 2.23. The average Bonchev–Trinajstić information content (AvgIpc) is 2.82. The second-order valence-corrected chi connectivity index (χ2v) is 11.0. The predicted octanol–water partition coefficient (Wildman–Crippen LogP) is 5.50. The van der Waals surface area contributed by atoms with Crippen LogP contribution in [-0.2, 0) is 16.6 Å². The lowest BCUT2D eigenvalue weighted by molar-refractivity contribution is 1.41. The van der Waals surface area contributed by atoms with Gasteiger partial charge in [0.15, 0.2) is 0 Å². The van der Waals surface area contributed by atoms with E-state index >= 15 is 0 Å². The van der Waals surface area contributed by atoms with Gasteiger partial charge in [-0.15, -0.1) is 0 Å². The topological polar surface area (TPSA) is 0 Å². The van der Waals surface area contributed by atoms with Gasteiger partial charge in [0.05, 0.1) is 18.7 Å². The van der Waals surface area contributed by atoms with E-state index in [1.165, 1.54) is 22.0 Å². The first-order valence-electron chi connectivity index (χ1n) is 10.6. The molecule has 0 saturated heterocycles. The Hall–Kier alpha value is -2.42. The van der Waals surface area contributed by atoms with Gasteiger partial charge < -0.3 is 0 Å². The van der Waals surface area contributed by atoms with Gasteiger partial charge in [0, 0.05) is 10.6 Å². The summed E-state index contributed by atoms with van der Waals surface area (Å²) in [5.74, 6) is 1.16. The van der Waals surface area contributed by atoms with Crippen LogP contribution in [0.25, 0.3) is 0 Å². The number of rotatable bonds is 5. The Kier molecular flexibility index (Phi) is 8.46. The molecule has 0 atom stereocenters. The lowest BCUT2D eigenvalue weighted by Gasteiger charge is -2.39. The summed E-state index contributed by atoms with van der Waals surface area (Å²) < 4.78 is 0. The summed E-state index contributed by atoms with van der Waals surface area (Å²) in [6.45, 7) is 2.36.